The fraction of sp³-hybridized carbons (Fsp3) is 1.00. The van der Waals surface area contributed by atoms with Crippen LogP contribution in [-0.4, -0.2) is 24.1 Å². The first-order chi connectivity index (χ1) is 10.1. The van der Waals surface area contributed by atoms with Gasteiger partial charge in [0.15, 0.2) is 11.8 Å². The van der Waals surface area contributed by atoms with Crippen molar-refractivity contribution in [2.24, 2.45) is 0 Å². The molecule has 128 valence electrons. The first-order valence-electron chi connectivity index (χ1n) is 9.66. The Morgan fingerprint density at radius 2 is 0.905 bits per heavy atom. The van der Waals surface area contributed by atoms with Crippen LogP contribution >= 0.6 is 11.8 Å². The third kappa shape index (κ3) is 16.4. The molecular formula is C19H41ClN+. The molecule has 0 aromatic rings. The van der Waals surface area contributed by atoms with Gasteiger partial charge in [-0.15, -0.1) is 0 Å². The molecule has 1 atom stereocenters. The summed E-state index contributed by atoms with van der Waals surface area (Å²) in [6, 6.07) is 0. The fourth-order valence-electron chi connectivity index (χ4n) is 2.79. The molecule has 0 rings (SSSR count). The monoisotopic (exact) mass is 318 g/mol. The topological polar surface area (TPSA) is 0 Å². The highest BCUT2D eigenvalue weighted by Gasteiger charge is 2.14. The quantitative estimate of drug-likeness (QED) is 0.210. The zero-order chi connectivity index (χ0) is 15.8. The van der Waals surface area contributed by atoms with Gasteiger partial charge in [-0.3, -0.25) is 0 Å². The summed E-state index contributed by atoms with van der Waals surface area (Å²) in [5.74, 6) is 0. The van der Waals surface area contributed by atoms with Gasteiger partial charge in [0, 0.05) is 0 Å². The molecule has 1 unspecified atom stereocenters. The van der Waals surface area contributed by atoms with E-state index in [9.17, 15) is 0 Å². The molecule has 0 aliphatic heterocycles. The Balaban J connectivity index is 3.06. The Hall–Kier alpha value is 0.250. The lowest BCUT2D eigenvalue weighted by Crippen LogP contribution is -2.33. The number of halogens is 1. The van der Waals surface area contributed by atoms with Gasteiger partial charge in [0.1, 0.15) is 0 Å². The zero-order valence-corrected chi connectivity index (χ0v) is 15.9. The lowest BCUT2D eigenvalue weighted by Gasteiger charge is -2.22. The summed E-state index contributed by atoms with van der Waals surface area (Å²) in [6.45, 7) is 6.60. The second-order valence-electron chi connectivity index (χ2n) is 6.90. The highest BCUT2D eigenvalue weighted by Crippen LogP contribution is 2.14. The van der Waals surface area contributed by atoms with Gasteiger partial charge in [-0.25, -0.2) is 4.00 Å². The number of unbranched alkanes of at least 4 members (excludes halogenated alkanes) is 13. The Kier molecular flexibility index (Phi) is 15.3. The summed E-state index contributed by atoms with van der Waals surface area (Å²) < 4.78 is 0.665. The predicted molar refractivity (Wildman–Crippen MR) is 97.8 cm³/mol. The smallest absolute Gasteiger partial charge is 0.165 e. The molecule has 0 fully saturated rings. The summed E-state index contributed by atoms with van der Waals surface area (Å²) in [5, 5.41) is 0. The molecule has 0 bridgehead atoms. The molecule has 0 aromatic carbocycles. The molecule has 0 spiro atoms. The second-order valence-corrected chi connectivity index (χ2v) is 7.72. The molecule has 0 N–H and O–H groups in total. The minimum atomic E-state index is 0.665. The van der Waals surface area contributed by atoms with Crippen molar-refractivity contribution in [3.63, 3.8) is 0 Å². The van der Waals surface area contributed by atoms with E-state index in [4.69, 9.17) is 11.8 Å². The van der Waals surface area contributed by atoms with Gasteiger partial charge in [-0.1, -0.05) is 84.0 Å². The minimum absolute atomic E-state index is 0.665. The van der Waals surface area contributed by atoms with Crippen LogP contribution in [0.3, 0.4) is 0 Å². The van der Waals surface area contributed by atoms with Crippen LogP contribution in [0, 0.1) is 0 Å². The predicted octanol–water partition coefficient (Wildman–Crippen LogP) is 7.09. The van der Waals surface area contributed by atoms with Crippen molar-refractivity contribution in [3.05, 3.63) is 0 Å². The molecule has 1 nitrogen and oxygen atoms in total. The number of rotatable bonds is 16. The largest absolute Gasteiger partial charge is 0.225 e. The highest BCUT2D eigenvalue weighted by molar-refractivity contribution is 6.06. The zero-order valence-electron chi connectivity index (χ0n) is 15.1. The van der Waals surface area contributed by atoms with Crippen LogP contribution in [0.1, 0.15) is 104 Å². The van der Waals surface area contributed by atoms with Crippen LogP contribution in [0.15, 0.2) is 0 Å². The Morgan fingerprint density at radius 3 is 1.24 bits per heavy atom. The summed E-state index contributed by atoms with van der Waals surface area (Å²) in [6.07, 6.45) is 19.9. The first-order valence-corrected chi connectivity index (χ1v) is 10.0. The van der Waals surface area contributed by atoms with E-state index in [0.29, 0.717) is 4.00 Å². The fourth-order valence-corrected chi connectivity index (χ4v) is 2.91. The van der Waals surface area contributed by atoms with Gasteiger partial charge < -0.3 is 0 Å². The average Bonchev–Trinajstić information content (AvgIpc) is 2.47. The van der Waals surface area contributed by atoms with Gasteiger partial charge in [0.05, 0.1) is 20.1 Å². The van der Waals surface area contributed by atoms with Gasteiger partial charge >= 0.3 is 0 Å². The molecule has 21 heavy (non-hydrogen) atoms. The maximum absolute atomic E-state index is 6.31. The molecule has 0 heterocycles. The summed E-state index contributed by atoms with van der Waals surface area (Å²) in [7, 11) is 2.11. The van der Waals surface area contributed by atoms with Crippen molar-refractivity contribution in [1.82, 2.24) is 0 Å². The summed E-state index contributed by atoms with van der Waals surface area (Å²) >= 11 is 6.31. The van der Waals surface area contributed by atoms with E-state index < -0.39 is 0 Å². The van der Waals surface area contributed by atoms with Gasteiger partial charge in [-0.2, -0.15) is 0 Å². The van der Waals surface area contributed by atoms with Crippen LogP contribution in [0.5, 0.6) is 0 Å². The maximum atomic E-state index is 6.31. The SMILES string of the molecule is CCCCCCCCCCCCCCCC[N+](C)(Cl)CC. The van der Waals surface area contributed by atoms with E-state index in [0.717, 1.165) is 13.1 Å². The molecule has 0 amide bonds. The standard InChI is InChI=1S/C19H41ClN/c1-4-6-7-8-9-10-11-12-13-14-15-16-17-18-19-21(3,20)5-2/h4-19H2,1-3H3/q+1. The van der Waals surface area contributed by atoms with E-state index in [1.54, 1.807) is 0 Å². The summed E-state index contributed by atoms with van der Waals surface area (Å²) in [5.41, 5.74) is 0. The molecule has 0 aliphatic rings. The van der Waals surface area contributed by atoms with Crippen molar-refractivity contribution >= 4 is 11.8 Å². The van der Waals surface area contributed by atoms with Crippen molar-refractivity contribution in [2.75, 3.05) is 20.1 Å². The highest BCUT2D eigenvalue weighted by atomic mass is 35.5. The van der Waals surface area contributed by atoms with Crippen LogP contribution in [0.4, 0.5) is 0 Å². The molecule has 0 saturated carbocycles. The lowest BCUT2D eigenvalue weighted by atomic mass is 10.0. The molecule has 2 heteroatoms. The Morgan fingerprint density at radius 1 is 0.571 bits per heavy atom. The van der Waals surface area contributed by atoms with Crippen molar-refractivity contribution in [1.29, 1.82) is 0 Å². The third-order valence-corrected chi connectivity index (χ3v) is 5.05. The maximum Gasteiger partial charge on any atom is 0.165 e. The normalized spacial score (nSPS) is 14.3. The summed E-state index contributed by atoms with van der Waals surface area (Å²) in [4.78, 5) is 0. The van der Waals surface area contributed by atoms with Gasteiger partial charge in [-0.05, 0) is 19.8 Å². The molecule has 0 aromatic heterocycles. The molecule has 0 saturated heterocycles. The van der Waals surface area contributed by atoms with Crippen LogP contribution in [0.25, 0.3) is 0 Å². The molecule has 0 aliphatic carbocycles. The first kappa shape index (κ1) is 21.2. The van der Waals surface area contributed by atoms with Crippen molar-refractivity contribution < 1.29 is 4.00 Å². The number of hydrogen-bond acceptors (Lipinski definition) is 0. The van der Waals surface area contributed by atoms with E-state index >= 15 is 0 Å². The second kappa shape index (κ2) is 15.2. The van der Waals surface area contributed by atoms with Crippen molar-refractivity contribution in [2.45, 2.75) is 104 Å². The molecule has 0 radical (unpaired) electrons. The van der Waals surface area contributed by atoms with Gasteiger partial charge in [0.25, 0.3) is 0 Å². The number of hydrogen-bond donors (Lipinski definition) is 0. The van der Waals surface area contributed by atoms with Gasteiger partial charge in [0.2, 0.25) is 0 Å². The van der Waals surface area contributed by atoms with E-state index in [-0.39, 0.29) is 0 Å². The average molecular weight is 319 g/mol. The Labute approximate surface area is 140 Å². The number of quaternary nitrogens is 1. The third-order valence-electron chi connectivity index (χ3n) is 4.64. The lowest BCUT2D eigenvalue weighted by molar-refractivity contribution is -0.792. The van der Waals surface area contributed by atoms with E-state index in [1.807, 2.05) is 0 Å². The van der Waals surface area contributed by atoms with E-state index in [1.165, 1.54) is 89.9 Å². The van der Waals surface area contributed by atoms with Crippen LogP contribution < -0.4 is 0 Å². The van der Waals surface area contributed by atoms with Crippen LogP contribution in [0.2, 0.25) is 0 Å². The van der Waals surface area contributed by atoms with Crippen LogP contribution in [-0.2, 0) is 0 Å². The van der Waals surface area contributed by atoms with Crippen molar-refractivity contribution in [3.8, 4) is 0 Å². The number of nitrogens with zero attached hydrogens (tertiary/aromatic N) is 1. The minimum Gasteiger partial charge on any atom is -0.225 e. The Bertz CT molecular complexity index is 204. The van der Waals surface area contributed by atoms with E-state index in [2.05, 4.69) is 20.9 Å². The molecular weight excluding hydrogens is 278 g/mol.